The Morgan fingerprint density at radius 1 is 1.44 bits per heavy atom. The smallest absolute Gasteiger partial charge is 0.341 e. The molecule has 1 aliphatic rings. The summed E-state index contributed by atoms with van der Waals surface area (Å²) >= 11 is 1.40. The summed E-state index contributed by atoms with van der Waals surface area (Å²) in [6.07, 6.45) is 6.01. The molecule has 0 spiro atoms. The van der Waals surface area contributed by atoms with Crippen molar-refractivity contribution in [3.05, 3.63) is 38.5 Å². The van der Waals surface area contributed by atoms with Gasteiger partial charge in [0.05, 0.1) is 17.1 Å². The van der Waals surface area contributed by atoms with Crippen LogP contribution in [0, 0.1) is 10.1 Å². The summed E-state index contributed by atoms with van der Waals surface area (Å²) in [6.45, 7) is 3.58. The lowest BCUT2D eigenvalue weighted by Gasteiger charge is -2.13. The van der Waals surface area contributed by atoms with E-state index in [1.165, 1.54) is 22.2 Å². The fourth-order valence-electron chi connectivity index (χ4n) is 3.04. The number of esters is 1. The Balaban J connectivity index is 1.85. The summed E-state index contributed by atoms with van der Waals surface area (Å²) in [4.78, 5) is 36.4. The third-order valence-corrected chi connectivity index (χ3v) is 5.67. The summed E-state index contributed by atoms with van der Waals surface area (Å²) in [6, 6.07) is -0.770. The Hall–Kier alpha value is -2.75. The second-order valence-electron chi connectivity index (χ2n) is 6.24. The van der Waals surface area contributed by atoms with Crippen LogP contribution in [-0.4, -0.2) is 33.2 Å². The number of anilines is 1. The number of nitro groups is 1. The van der Waals surface area contributed by atoms with E-state index in [0.29, 0.717) is 10.6 Å². The highest BCUT2D eigenvalue weighted by Crippen LogP contribution is 2.39. The molecule has 27 heavy (non-hydrogen) atoms. The summed E-state index contributed by atoms with van der Waals surface area (Å²) < 4.78 is 6.40. The van der Waals surface area contributed by atoms with Crippen LogP contribution in [0.1, 0.15) is 53.5 Å². The number of carbonyl (C=O) groups excluding carboxylic acids is 2. The molecule has 2 aromatic rings. The highest BCUT2D eigenvalue weighted by molar-refractivity contribution is 7.17. The SMILES string of the molecule is CCOC(=O)c1c(NC(=O)C(C)n2cc([N+](=O)[O-])cn2)sc2c1CCCC2. The summed E-state index contributed by atoms with van der Waals surface area (Å²) in [7, 11) is 0. The first-order valence-corrected chi connectivity index (χ1v) is 9.55. The van der Waals surface area contributed by atoms with E-state index >= 15 is 0 Å². The topological polar surface area (TPSA) is 116 Å². The molecule has 144 valence electrons. The summed E-state index contributed by atoms with van der Waals surface area (Å²) in [5, 5.41) is 17.9. The number of carbonyl (C=O) groups is 2. The van der Waals surface area contributed by atoms with Crippen LogP contribution in [0.4, 0.5) is 10.7 Å². The maximum atomic E-state index is 12.7. The van der Waals surface area contributed by atoms with Crippen LogP contribution in [0.5, 0.6) is 0 Å². The zero-order chi connectivity index (χ0) is 19.6. The van der Waals surface area contributed by atoms with Gasteiger partial charge in [-0.15, -0.1) is 11.3 Å². The summed E-state index contributed by atoms with van der Waals surface area (Å²) in [5.74, 6) is -0.841. The molecule has 1 unspecified atom stereocenters. The Kier molecular flexibility index (Phi) is 5.54. The number of hydrogen-bond donors (Lipinski definition) is 1. The maximum Gasteiger partial charge on any atom is 0.341 e. The van der Waals surface area contributed by atoms with Crippen LogP contribution < -0.4 is 5.32 Å². The molecule has 0 saturated heterocycles. The van der Waals surface area contributed by atoms with Crippen molar-refractivity contribution in [2.75, 3.05) is 11.9 Å². The molecular weight excluding hydrogens is 372 g/mol. The number of rotatable bonds is 6. The maximum absolute atomic E-state index is 12.7. The fraction of sp³-hybridized carbons (Fsp3) is 0.471. The van der Waals surface area contributed by atoms with E-state index < -0.39 is 22.8 Å². The van der Waals surface area contributed by atoms with Crippen molar-refractivity contribution < 1.29 is 19.2 Å². The molecule has 0 aromatic carbocycles. The Morgan fingerprint density at radius 2 is 2.19 bits per heavy atom. The molecule has 1 aliphatic carbocycles. The van der Waals surface area contributed by atoms with Gasteiger partial charge in [-0.1, -0.05) is 0 Å². The van der Waals surface area contributed by atoms with Gasteiger partial charge in [0.15, 0.2) is 0 Å². The molecule has 3 rings (SSSR count). The van der Waals surface area contributed by atoms with Gasteiger partial charge in [0, 0.05) is 4.88 Å². The van der Waals surface area contributed by atoms with Gasteiger partial charge < -0.3 is 10.1 Å². The molecule has 0 bridgehead atoms. The van der Waals surface area contributed by atoms with Crippen molar-refractivity contribution >= 4 is 33.9 Å². The van der Waals surface area contributed by atoms with E-state index in [4.69, 9.17) is 4.74 Å². The molecule has 1 atom stereocenters. The first-order valence-electron chi connectivity index (χ1n) is 8.73. The first kappa shape index (κ1) is 19.0. The number of nitrogens with zero attached hydrogens (tertiary/aromatic N) is 3. The standard InChI is InChI=1S/C17H20N4O5S/c1-3-26-17(23)14-12-6-4-5-7-13(12)27-16(14)19-15(22)10(2)20-9-11(8-18-20)21(24)25/h8-10H,3-7H2,1-2H3,(H,19,22). The third kappa shape index (κ3) is 3.85. The van der Waals surface area contributed by atoms with Crippen molar-refractivity contribution in [1.82, 2.24) is 9.78 Å². The van der Waals surface area contributed by atoms with Crippen LogP contribution in [-0.2, 0) is 22.4 Å². The monoisotopic (exact) mass is 392 g/mol. The van der Waals surface area contributed by atoms with Gasteiger partial charge in [-0.3, -0.25) is 19.6 Å². The van der Waals surface area contributed by atoms with Crippen LogP contribution in [0.25, 0.3) is 0 Å². The lowest BCUT2D eigenvalue weighted by atomic mass is 9.95. The lowest BCUT2D eigenvalue weighted by Crippen LogP contribution is -2.24. The zero-order valence-electron chi connectivity index (χ0n) is 15.1. The minimum atomic E-state index is -0.770. The Bertz CT molecular complexity index is 888. The Labute approximate surface area is 159 Å². The van der Waals surface area contributed by atoms with E-state index in [1.54, 1.807) is 13.8 Å². The van der Waals surface area contributed by atoms with Crippen LogP contribution in [0.3, 0.4) is 0 Å². The van der Waals surface area contributed by atoms with Crippen molar-refractivity contribution in [2.45, 2.75) is 45.6 Å². The molecule has 2 heterocycles. The molecule has 9 nitrogen and oxygen atoms in total. The first-order chi connectivity index (χ1) is 12.9. The van der Waals surface area contributed by atoms with Crippen LogP contribution in [0.2, 0.25) is 0 Å². The molecular formula is C17H20N4O5S. The fourth-order valence-corrected chi connectivity index (χ4v) is 4.32. The predicted octanol–water partition coefficient (Wildman–Crippen LogP) is 3.11. The number of fused-ring (bicyclic) bond motifs is 1. The van der Waals surface area contributed by atoms with E-state index in [1.807, 2.05) is 0 Å². The molecule has 2 aromatic heterocycles. The molecule has 1 N–H and O–H groups in total. The normalized spacial score (nSPS) is 14.3. The number of hydrogen-bond acceptors (Lipinski definition) is 7. The number of aromatic nitrogens is 2. The number of nitrogens with one attached hydrogen (secondary N) is 1. The van der Waals surface area contributed by atoms with E-state index in [-0.39, 0.29) is 12.3 Å². The van der Waals surface area contributed by atoms with Gasteiger partial charge in [-0.05, 0) is 45.1 Å². The number of thiophene rings is 1. The van der Waals surface area contributed by atoms with Gasteiger partial charge in [0.2, 0.25) is 5.91 Å². The van der Waals surface area contributed by atoms with E-state index in [0.717, 1.165) is 42.3 Å². The highest BCUT2D eigenvalue weighted by Gasteiger charge is 2.28. The van der Waals surface area contributed by atoms with Gasteiger partial charge in [0.25, 0.3) is 0 Å². The summed E-state index contributed by atoms with van der Waals surface area (Å²) in [5.41, 5.74) is 1.21. The number of ether oxygens (including phenoxy) is 1. The van der Waals surface area contributed by atoms with E-state index in [9.17, 15) is 19.7 Å². The molecule has 0 aliphatic heterocycles. The largest absolute Gasteiger partial charge is 0.462 e. The molecule has 1 amide bonds. The third-order valence-electron chi connectivity index (χ3n) is 4.46. The van der Waals surface area contributed by atoms with Crippen molar-refractivity contribution in [3.63, 3.8) is 0 Å². The van der Waals surface area contributed by atoms with Crippen LogP contribution >= 0.6 is 11.3 Å². The second kappa shape index (κ2) is 7.87. The van der Waals surface area contributed by atoms with Gasteiger partial charge in [0.1, 0.15) is 23.4 Å². The minimum absolute atomic E-state index is 0.187. The Morgan fingerprint density at radius 3 is 2.85 bits per heavy atom. The predicted molar refractivity (Wildman–Crippen MR) is 99.1 cm³/mol. The van der Waals surface area contributed by atoms with Crippen molar-refractivity contribution in [2.24, 2.45) is 0 Å². The van der Waals surface area contributed by atoms with E-state index in [2.05, 4.69) is 10.4 Å². The zero-order valence-corrected chi connectivity index (χ0v) is 15.9. The van der Waals surface area contributed by atoms with Gasteiger partial charge in [-0.2, -0.15) is 5.10 Å². The quantitative estimate of drug-likeness (QED) is 0.459. The van der Waals surface area contributed by atoms with Crippen LogP contribution in [0.15, 0.2) is 12.4 Å². The average Bonchev–Trinajstić information content (AvgIpc) is 3.26. The number of aryl methyl sites for hydroxylation is 1. The van der Waals surface area contributed by atoms with Gasteiger partial charge >= 0.3 is 11.7 Å². The average molecular weight is 392 g/mol. The number of amides is 1. The molecule has 0 radical (unpaired) electrons. The van der Waals surface area contributed by atoms with Crippen molar-refractivity contribution in [3.8, 4) is 0 Å². The second-order valence-corrected chi connectivity index (χ2v) is 7.34. The highest BCUT2D eigenvalue weighted by atomic mass is 32.1. The molecule has 0 saturated carbocycles. The van der Waals surface area contributed by atoms with Gasteiger partial charge in [-0.25, -0.2) is 4.79 Å². The lowest BCUT2D eigenvalue weighted by molar-refractivity contribution is -0.385. The molecule has 10 heteroatoms. The molecule has 0 fully saturated rings. The minimum Gasteiger partial charge on any atom is -0.462 e. The van der Waals surface area contributed by atoms with Crippen molar-refractivity contribution in [1.29, 1.82) is 0 Å².